The van der Waals surface area contributed by atoms with Crippen molar-refractivity contribution in [2.75, 3.05) is 0 Å². The monoisotopic (exact) mass is 670 g/mol. The number of aliphatic imine (C=N–C) groups is 2. The first-order valence-electron chi connectivity index (χ1n) is 12.3. The Bertz CT molecular complexity index is 534. The van der Waals surface area contributed by atoms with Crippen molar-refractivity contribution >= 4 is 11.8 Å². The molecule has 192 valence electrons. The Balaban J connectivity index is 0. The topological polar surface area (TPSA) is 43.2 Å². The molecule has 2 atom stereocenters. The van der Waals surface area contributed by atoms with Gasteiger partial charge in [-0.3, -0.25) is 0 Å². The van der Waals surface area contributed by atoms with Gasteiger partial charge in [0.2, 0.25) is 0 Å². The fraction of sp³-hybridized carbons (Fsp3) is 0.920. The molecule has 32 heavy (non-hydrogen) atoms. The van der Waals surface area contributed by atoms with Crippen LogP contribution in [0.5, 0.6) is 0 Å². The van der Waals surface area contributed by atoms with Crippen molar-refractivity contribution in [3.05, 3.63) is 0 Å². The fourth-order valence-electron chi connectivity index (χ4n) is 5.73. The van der Waals surface area contributed by atoms with Gasteiger partial charge in [0, 0.05) is 0 Å². The van der Waals surface area contributed by atoms with Gasteiger partial charge in [0.15, 0.2) is 11.8 Å². The van der Waals surface area contributed by atoms with Gasteiger partial charge in [-0.2, -0.15) is 0 Å². The average molecular weight is 673 g/mol. The summed E-state index contributed by atoms with van der Waals surface area (Å²) in [5.41, 5.74) is -0.291. The molecule has 0 N–H and O–H groups in total. The third kappa shape index (κ3) is 7.79. The van der Waals surface area contributed by atoms with Crippen LogP contribution in [0.25, 0.3) is 0 Å². The van der Waals surface area contributed by atoms with Gasteiger partial charge in [0.25, 0.3) is 0 Å². The summed E-state index contributed by atoms with van der Waals surface area (Å²) in [7, 11) is 0. The smallest absolute Gasteiger partial charge is 1.00 e. The zero-order valence-corrected chi connectivity index (χ0v) is 26.2. The fourth-order valence-corrected chi connectivity index (χ4v) is 5.73. The summed E-state index contributed by atoms with van der Waals surface area (Å²) in [6.45, 7) is 18.1. The summed E-state index contributed by atoms with van der Waals surface area (Å²) >= 11 is 0. The third-order valence-corrected chi connectivity index (χ3v) is 6.54. The standard InChI is InChI=1S/C25H46N2O2.2BrH.Pd/c1-9-13-24(14-10-2)22(18(5)6)26-20(28-24)17-21-27-23(19(7)8)25(29-21,15-11-3)16-12-4;;;/h18-19,22-23H,9-17H2,1-8H3;2*1H;/q;;;+2/p-2/t22-,23-;;;/m1.../s1. The Kier molecular flexibility index (Phi) is 16.9. The first-order chi connectivity index (χ1) is 13.8. The molecule has 0 amide bonds. The second-order valence-corrected chi connectivity index (χ2v) is 9.93. The number of ether oxygens (including phenoxy) is 2. The van der Waals surface area contributed by atoms with Crippen LogP contribution in [0.15, 0.2) is 9.98 Å². The number of rotatable bonds is 12. The molecule has 0 bridgehead atoms. The molecule has 2 aliphatic heterocycles. The normalized spacial score (nSPS) is 22.8. The average Bonchev–Trinajstić information content (AvgIpc) is 3.15. The molecule has 0 saturated carbocycles. The second-order valence-electron chi connectivity index (χ2n) is 9.93. The van der Waals surface area contributed by atoms with E-state index in [0.29, 0.717) is 18.3 Å². The van der Waals surface area contributed by atoms with E-state index >= 15 is 0 Å². The molecule has 0 radical (unpaired) electrons. The Hall–Kier alpha value is 0.562. The van der Waals surface area contributed by atoms with Gasteiger partial charge in [0.05, 0.1) is 18.5 Å². The van der Waals surface area contributed by atoms with Crippen molar-refractivity contribution < 1.29 is 63.9 Å². The maximum Gasteiger partial charge on any atom is 2.00 e. The van der Waals surface area contributed by atoms with E-state index < -0.39 is 0 Å². The summed E-state index contributed by atoms with van der Waals surface area (Å²) in [4.78, 5) is 10.2. The Morgan fingerprint density at radius 2 is 0.938 bits per heavy atom. The molecule has 0 aliphatic carbocycles. The van der Waals surface area contributed by atoms with Crippen molar-refractivity contribution in [3.63, 3.8) is 0 Å². The summed E-state index contributed by atoms with van der Waals surface area (Å²) in [6.07, 6.45) is 9.34. The van der Waals surface area contributed by atoms with Crippen LogP contribution in [0.2, 0.25) is 0 Å². The van der Waals surface area contributed by atoms with Crippen molar-refractivity contribution in [2.24, 2.45) is 21.8 Å². The van der Waals surface area contributed by atoms with Gasteiger partial charge in [-0.25, -0.2) is 9.98 Å². The van der Waals surface area contributed by atoms with Crippen LogP contribution in [-0.2, 0) is 29.9 Å². The molecule has 0 unspecified atom stereocenters. The number of hydrogen-bond acceptors (Lipinski definition) is 4. The van der Waals surface area contributed by atoms with Crippen molar-refractivity contribution in [3.8, 4) is 0 Å². The minimum atomic E-state index is -0.145. The van der Waals surface area contributed by atoms with Gasteiger partial charge in [0.1, 0.15) is 11.2 Å². The molecule has 4 nitrogen and oxygen atoms in total. The first kappa shape index (κ1) is 34.7. The van der Waals surface area contributed by atoms with E-state index in [1.165, 1.54) is 0 Å². The van der Waals surface area contributed by atoms with Crippen LogP contribution in [-0.4, -0.2) is 35.1 Å². The van der Waals surface area contributed by atoms with Crippen LogP contribution < -0.4 is 34.0 Å². The molecule has 7 heteroatoms. The molecule has 0 aromatic heterocycles. The summed E-state index contributed by atoms with van der Waals surface area (Å²) < 4.78 is 13.3. The molecule has 0 aromatic rings. The molecule has 0 fully saturated rings. The third-order valence-electron chi connectivity index (χ3n) is 6.54. The van der Waals surface area contributed by atoms with E-state index in [2.05, 4.69) is 55.4 Å². The van der Waals surface area contributed by atoms with Gasteiger partial charge < -0.3 is 43.4 Å². The summed E-state index contributed by atoms with van der Waals surface area (Å²) in [5.74, 6) is 2.63. The van der Waals surface area contributed by atoms with E-state index in [1.54, 1.807) is 0 Å². The van der Waals surface area contributed by atoms with Crippen LogP contribution >= 0.6 is 0 Å². The maximum atomic E-state index is 6.64. The molecular weight excluding hydrogens is 627 g/mol. The molecule has 0 aromatic carbocycles. The first-order valence-corrected chi connectivity index (χ1v) is 12.3. The van der Waals surface area contributed by atoms with Gasteiger partial charge >= 0.3 is 20.4 Å². The van der Waals surface area contributed by atoms with E-state index in [4.69, 9.17) is 19.5 Å². The van der Waals surface area contributed by atoms with Crippen molar-refractivity contribution in [1.29, 1.82) is 0 Å². The summed E-state index contributed by atoms with van der Waals surface area (Å²) in [6, 6.07) is 0.465. The van der Waals surface area contributed by atoms with Crippen molar-refractivity contribution in [1.82, 2.24) is 0 Å². The number of nitrogens with zero attached hydrogens (tertiary/aromatic N) is 2. The minimum Gasteiger partial charge on any atom is -1.00 e. The largest absolute Gasteiger partial charge is 2.00 e. The number of halogens is 2. The molecule has 0 spiro atoms. The molecule has 2 rings (SSSR count). The van der Waals surface area contributed by atoms with Crippen LogP contribution in [0.1, 0.15) is 113 Å². The second kappa shape index (κ2) is 15.5. The van der Waals surface area contributed by atoms with E-state index in [1.807, 2.05) is 0 Å². The molecule has 2 aliphatic rings. The van der Waals surface area contributed by atoms with Crippen LogP contribution in [0.3, 0.4) is 0 Å². The predicted molar refractivity (Wildman–Crippen MR) is 124 cm³/mol. The SMILES string of the molecule is CCCC1(CCC)OC(CC2=N[C@H](C(C)C)C(CCC)(CCC)O2)=N[C@@H]1C(C)C.[Br-].[Br-].[Pd+2]. The van der Waals surface area contributed by atoms with E-state index in [0.717, 1.165) is 63.2 Å². The zero-order valence-electron chi connectivity index (χ0n) is 21.5. The van der Waals surface area contributed by atoms with Gasteiger partial charge in [-0.1, -0.05) is 81.1 Å². The Labute approximate surface area is 232 Å². The summed E-state index contributed by atoms with van der Waals surface area (Å²) in [5, 5.41) is 0. The predicted octanol–water partition coefficient (Wildman–Crippen LogP) is 0.967. The molecule has 0 saturated heterocycles. The number of hydrogen-bond donors (Lipinski definition) is 0. The van der Waals surface area contributed by atoms with Crippen LogP contribution in [0, 0.1) is 11.8 Å². The minimum absolute atomic E-state index is 0. The van der Waals surface area contributed by atoms with Crippen molar-refractivity contribution in [2.45, 2.75) is 136 Å². The Morgan fingerprint density at radius 1 is 0.656 bits per heavy atom. The van der Waals surface area contributed by atoms with Gasteiger partial charge in [-0.05, 0) is 37.5 Å². The quantitative estimate of drug-likeness (QED) is 0.291. The molecule has 2 heterocycles. The van der Waals surface area contributed by atoms with Gasteiger partial charge in [-0.15, -0.1) is 0 Å². The molecular formula is C25H46Br2N2O2Pd. The Morgan fingerprint density at radius 3 is 1.16 bits per heavy atom. The zero-order chi connectivity index (χ0) is 21.7. The maximum absolute atomic E-state index is 6.64. The van der Waals surface area contributed by atoms with E-state index in [9.17, 15) is 0 Å². The van der Waals surface area contributed by atoms with E-state index in [-0.39, 0.29) is 77.7 Å². The van der Waals surface area contributed by atoms with Crippen LogP contribution in [0.4, 0.5) is 0 Å².